The Morgan fingerprint density at radius 1 is 0.750 bits per heavy atom. The van der Waals surface area contributed by atoms with Gasteiger partial charge in [0.15, 0.2) is 0 Å². The van der Waals surface area contributed by atoms with Crippen LogP contribution in [-0.2, 0) is 13.0 Å². The smallest absolute Gasteiger partial charge is 0.0587 e. The van der Waals surface area contributed by atoms with E-state index in [0.29, 0.717) is 0 Å². The maximum atomic E-state index is 7.32. The molecule has 0 aliphatic carbocycles. The van der Waals surface area contributed by atoms with Crippen molar-refractivity contribution in [1.82, 2.24) is 5.32 Å². The van der Waals surface area contributed by atoms with Crippen LogP contribution in [0.4, 0.5) is 0 Å². The monoisotopic (exact) mass is 434 g/mol. The first-order chi connectivity index (χ1) is 15.7. The van der Waals surface area contributed by atoms with E-state index in [2.05, 4.69) is 80.9 Å². The van der Waals surface area contributed by atoms with Crippen LogP contribution in [0, 0.1) is 11.3 Å². The average molecular weight is 435 g/mol. The van der Waals surface area contributed by atoms with E-state index in [1.165, 1.54) is 93.4 Å². The second-order valence-corrected chi connectivity index (χ2v) is 8.02. The van der Waals surface area contributed by atoms with Gasteiger partial charge in [-0.15, -0.1) is 13.2 Å². The molecule has 0 saturated carbocycles. The van der Waals surface area contributed by atoms with E-state index in [1.807, 2.05) is 0 Å². The van der Waals surface area contributed by atoms with Gasteiger partial charge in [-0.25, -0.2) is 0 Å². The van der Waals surface area contributed by atoms with Crippen LogP contribution in [0.1, 0.15) is 89.7 Å². The average Bonchev–Trinajstić information content (AvgIpc) is 2.84. The predicted octanol–water partition coefficient (Wildman–Crippen LogP) is 8.87. The van der Waals surface area contributed by atoms with Crippen molar-refractivity contribution in [2.45, 2.75) is 91.5 Å². The molecular weight excluding hydrogens is 388 g/mol. The van der Waals surface area contributed by atoms with Crippen molar-refractivity contribution in [2.24, 2.45) is 0 Å². The Balaban J connectivity index is 0.00000177. The largest absolute Gasteiger partial charge is 0.313 e. The molecule has 1 N–H and O–H groups in total. The minimum Gasteiger partial charge on any atom is -0.313 e. The standard InChI is InChI=1S/C26H39N.C2H3N.C2H4/c1-3-5-7-8-9-10-13-23-14-12-15-26(21-23)25-18-16-24(17-19-25)22-27-20-11-6-4-2;1-2-3;1-2/h12,14-19,21,27H,3-11,13,20,22H2,1-2H3;1H3;1-2H2. The van der Waals surface area contributed by atoms with Gasteiger partial charge in [-0.3, -0.25) is 0 Å². The van der Waals surface area contributed by atoms with Crippen LogP contribution in [0.3, 0.4) is 0 Å². The molecule has 176 valence electrons. The van der Waals surface area contributed by atoms with Gasteiger partial charge in [-0.2, -0.15) is 5.26 Å². The number of unbranched alkanes of at least 4 members (excludes halogenated alkanes) is 7. The zero-order chi connectivity index (χ0) is 23.9. The quantitative estimate of drug-likeness (QED) is 0.238. The van der Waals surface area contributed by atoms with Crippen molar-refractivity contribution in [3.63, 3.8) is 0 Å². The number of benzene rings is 2. The summed E-state index contributed by atoms with van der Waals surface area (Å²) >= 11 is 0. The van der Waals surface area contributed by atoms with Crippen molar-refractivity contribution < 1.29 is 0 Å². The summed E-state index contributed by atoms with van der Waals surface area (Å²) < 4.78 is 0. The zero-order valence-corrected chi connectivity index (χ0v) is 21.0. The van der Waals surface area contributed by atoms with Gasteiger partial charge in [-0.1, -0.05) is 107 Å². The molecule has 2 rings (SSSR count). The van der Waals surface area contributed by atoms with Crippen LogP contribution in [-0.4, -0.2) is 6.54 Å². The van der Waals surface area contributed by atoms with E-state index >= 15 is 0 Å². The highest BCUT2D eigenvalue weighted by atomic mass is 14.8. The molecule has 0 radical (unpaired) electrons. The van der Waals surface area contributed by atoms with Gasteiger partial charge in [0.2, 0.25) is 0 Å². The Bertz CT molecular complexity index is 712. The third-order valence-corrected chi connectivity index (χ3v) is 5.32. The summed E-state index contributed by atoms with van der Waals surface area (Å²) in [6.07, 6.45) is 13.3. The SMILES string of the molecule is C=C.CC#N.CCCCCCCCc1cccc(-c2ccc(CNCCCCC)cc2)c1. The van der Waals surface area contributed by atoms with E-state index in [-0.39, 0.29) is 0 Å². The fraction of sp³-hybridized carbons (Fsp3) is 0.500. The molecular formula is C30H46N2. The third kappa shape index (κ3) is 14.6. The Morgan fingerprint density at radius 3 is 2.00 bits per heavy atom. The molecule has 0 atom stereocenters. The molecule has 2 aromatic carbocycles. The fourth-order valence-corrected chi connectivity index (χ4v) is 3.56. The molecule has 0 aromatic heterocycles. The van der Waals surface area contributed by atoms with Crippen molar-refractivity contribution in [1.29, 1.82) is 5.26 Å². The van der Waals surface area contributed by atoms with E-state index in [9.17, 15) is 0 Å². The summed E-state index contributed by atoms with van der Waals surface area (Å²) in [6.45, 7) is 14.1. The molecule has 0 fully saturated rings. The number of hydrogen-bond acceptors (Lipinski definition) is 2. The zero-order valence-electron chi connectivity index (χ0n) is 21.0. The topological polar surface area (TPSA) is 35.8 Å². The Hall–Kier alpha value is -2.37. The lowest BCUT2D eigenvalue weighted by Gasteiger charge is -2.08. The molecule has 0 unspecified atom stereocenters. The maximum absolute atomic E-state index is 7.32. The summed E-state index contributed by atoms with van der Waals surface area (Å²) in [5, 5.41) is 10.9. The highest BCUT2D eigenvalue weighted by Gasteiger charge is 2.01. The molecule has 32 heavy (non-hydrogen) atoms. The number of hydrogen-bond donors (Lipinski definition) is 1. The molecule has 0 saturated heterocycles. The van der Waals surface area contributed by atoms with Gasteiger partial charge in [-0.05, 0) is 48.1 Å². The van der Waals surface area contributed by atoms with Crippen LogP contribution < -0.4 is 5.32 Å². The minimum absolute atomic E-state index is 0.974. The van der Waals surface area contributed by atoms with Crippen molar-refractivity contribution >= 4 is 0 Å². The number of nitrogens with one attached hydrogen (secondary N) is 1. The number of rotatable bonds is 14. The summed E-state index contributed by atoms with van der Waals surface area (Å²) in [5.41, 5.74) is 5.53. The lowest BCUT2D eigenvalue weighted by molar-refractivity contribution is 0.607. The lowest BCUT2D eigenvalue weighted by Crippen LogP contribution is -2.14. The highest BCUT2D eigenvalue weighted by molar-refractivity contribution is 5.64. The molecule has 0 aliphatic heterocycles. The molecule has 2 nitrogen and oxygen atoms in total. The molecule has 0 heterocycles. The fourth-order valence-electron chi connectivity index (χ4n) is 3.56. The third-order valence-electron chi connectivity index (χ3n) is 5.32. The van der Waals surface area contributed by atoms with Crippen molar-refractivity contribution in [2.75, 3.05) is 6.54 Å². The highest BCUT2D eigenvalue weighted by Crippen LogP contribution is 2.22. The molecule has 2 heteroatoms. The van der Waals surface area contributed by atoms with E-state index in [4.69, 9.17) is 5.26 Å². The molecule has 0 bridgehead atoms. The Morgan fingerprint density at radius 2 is 1.34 bits per heavy atom. The number of aryl methyl sites for hydroxylation is 1. The second-order valence-electron chi connectivity index (χ2n) is 8.02. The summed E-state index contributed by atoms with van der Waals surface area (Å²) in [6, 6.07) is 19.9. The molecule has 2 aromatic rings. The van der Waals surface area contributed by atoms with Gasteiger partial charge < -0.3 is 5.32 Å². The van der Waals surface area contributed by atoms with Gasteiger partial charge in [0.1, 0.15) is 0 Å². The van der Waals surface area contributed by atoms with Gasteiger partial charge in [0.05, 0.1) is 6.07 Å². The second kappa shape index (κ2) is 21.8. The summed E-state index contributed by atoms with van der Waals surface area (Å²) in [7, 11) is 0. The number of nitrogens with zero attached hydrogens (tertiary/aromatic N) is 1. The van der Waals surface area contributed by atoms with E-state index in [0.717, 1.165) is 13.1 Å². The minimum atomic E-state index is 0.974. The normalized spacial score (nSPS) is 9.69. The van der Waals surface area contributed by atoms with E-state index in [1.54, 1.807) is 6.07 Å². The van der Waals surface area contributed by atoms with Gasteiger partial charge in [0.25, 0.3) is 0 Å². The van der Waals surface area contributed by atoms with Crippen LogP contribution in [0.2, 0.25) is 0 Å². The first-order valence-electron chi connectivity index (χ1n) is 12.4. The summed E-state index contributed by atoms with van der Waals surface area (Å²) in [5.74, 6) is 0. The summed E-state index contributed by atoms with van der Waals surface area (Å²) in [4.78, 5) is 0. The molecule has 0 aliphatic rings. The first kappa shape index (κ1) is 29.6. The maximum Gasteiger partial charge on any atom is 0.0587 e. The van der Waals surface area contributed by atoms with Crippen LogP contribution in [0.25, 0.3) is 11.1 Å². The van der Waals surface area contributed by atoms with Gasteiger partial charge >= 0.3 is 0 Å². The van der Waals surface area contributed by atoms with Crippen LogP contribution in [0.15, 0.2) is 61.7 Å². The van der Waals surface area contributed by atoms with Crippen LogP contribution in [0.5, 0.6) is 0 Å². The van der Waals surface area contributed by atoms with Crippen molar-refractivity contribution in [3.8, 4) is 17.2 Å². The predicted molar refractivity (Wildman–Crippen MR) is 143 cm³/mol. The van der Waals surface area contributed by atoms with Gasteiger partial charge in [0, 0.05) is 13.5 Å². The molecule has 0 amide bonds. The number of nitriles is 1. The van der Waals surface area contributed by atoms with E-state index < -0.39 is 0 Å². The first-order valence-corrected chi connectivity index (χ1v) is 12.4. The Labute approximate surface area is 198 Å². The Kier molecular flexibility index (Phi) is 20.2. The lowest BCUT2D eigenvalue weighted by atomic mass is 9.99. The van der Waals surface area contributed by atoms with Crippen molar-refractivity contribution in [3.05, 3.63) is 72.8 Å². The van der Waals surface area contributed by atoms with Crippen LogP contribution >= 0.6 is 0 Å². The molecule has 0 spiro atoms.